The Labute approximate surface area is 121 Å². The number of hydrogen-bond acceptors (Lipinski definition) is 5. The molecular formula is C13H12N4O3S. The Kier molecular flexibility index (Phi) is 3.02. The Morgan fingerprint density at radius 2 is 1.95 bits per heavy atom. The number of pyridine rings is 1. The van der Waals surface area contributed by atoms with Crippen molar-refractivity contribution in [2.24, 2.45) is 0 Å². The molecule has 0 aliphatic carbocycles. The monoisotopic (exact) mass is 304 g/mol. The van der Waals surface area contributed by atoms with Gasteiger partial charge >= 0.3 is 0 Å². The Balaban J connectivity index is 2.11. The highest BCUT2D eigenvalue weighted by molar-refractivity contribution is 7.92. The normalized spacial score (nSPS) is 14.5. The van der Waals surface area contributed by atoms with Crippen molar-refractivity contribution in [2.45, 2.75) is 4.90 Å². The summed E-state index contributed by atoms with van der Waals surface area (Å²) in [6, 6.07) is 9.49. The number of sulfonamides is 1. The fourth-order valence-corrected chi connectivity index (χ4v) is 3.47. The first-order valence-electron chi connectivity index (χ1n) is 6.11. The van der Waals surface area contributed by atoms with Crippen molar-refractivity contribution in [3.63, 3.8) is 0 Å². The van der Waals surface area contributed by atoms with E-state index in [2.05, 4.69) is 10.3 Å². The zero-order chi connectivity index (χ0) is 15.0. The highest BCUT2D eigenvalue weighted by Crippen LogP contribution is 2.33. The van der Waals surface area contributed by atoms with Crippen LogP contribution in [0.25, 0.3) is 0 Å². The number of benzene rings is 1. The van der Waals surface area contributed by atoms with Gasteiger partial charge in [-0.2, -0.15) is 0 Å². The number of nitrogen functional groups attached to an aromatic ring is 1. The summed E-state index contributed by atoms with van der Waals surface area (Å²) in [5, 5.41) is 2.64. The maximum atomic E-state index is 12.7. The number of anilines is 3. The first-order chi connectivity index (χ1) is 9.98. The van der Waals surface area contributed by atoms with E-state index in [0.717, 1.165) is 4.31 Å². The van der Waals surface area contributed by atoms with Crippen molar-refractivity contribution in [3.05, 3.63) is 42.6 Å². The molecule has 0 radical (unpaired) electrons. The number of nitrogens with one attached hydrogen (secondary N) is 1. The average Bonchev–Trinajstić information content (AvgIpc) is 2.46. The second-order valence-electron chi connectivity index (χ2n) is 4.50. The van der Waals surface area contributed by atoms with Gasteiger partial charge in [0, 0.05) is 6.20 Å². The van der Waals surface area contributed by atoms with Crippen LogP contribution in [0.15, 0.2) is 47.5 Å². The predicted molar refractivity (Wildman–Crippen MR) is 78.3 cm³/mol. The van der Waals surface area contributed by atoms with Crippen LogP contribution in [0, 0.1) is 0 Å². The van der Waals surface area contributed by atoms with Gasteiger partial charge in [0.2, 0.25) is 5.91 Å². The molecule has 0 fully saturated rings. The molecule has 108 valence electrons. The molecule has 7 nitrogen and oxygen atoms in total. The summed E-state index contributed by atoms with van der Waals surface area (Å²) in [5.41, 5.74) is 6.35. The van der Waals surface area contributed by atoms with Gasteiger partial charge in [-0.05, 0) is 24.3 Å². The first-order valence-corrected chi connectivity index (χ1v) is 7.55. The fourth-order valence-electron chi connectivity index (χ4n) is 2.09. The van der Waals surface area contributed by atoms with Crippen LogP contribution < -0.4 is 15.4 Å². The van der Waals surface area contributed by atoms with Gasteiger partial charge in [-0.1, -0.05) is 12.1 Å². The molecule has 3 rings (SSSR count). The second-order valence-corrected chi connectivity index (χ2v) is 6.36. The number of amides is 1. The molecule has 1 aliphatic heterocycles. The molecule has 0 spiro atoms. The maximum Gasteiger partial charge on any atom is 0.266 e. The van der Waals surface area contributed by atoms with E-state index in [0.29, 0.717) is 11.4 Å². The van der Waals surface area contributed by atoms with Crippen LogP contribution in [0.3, 0.4) is 0 Å². The van der Waals surface area contributed by atoms with E-state index >= 15 is 0 Å². The summed E-state index contributed by atoms with van der Waals surface area (Å²) < 4.78 is 26.4. The highest BCUT2D eigenvalue weighted by Gasteiger charge is 2.32. The lowest BCUT2D eigenvalue weighted by atomic mass is 10.2. The number of para-hydroxylation sites is 2. The van der Waals surface area contributed by atoms with Crippen molar-refractivity contribution in [1.29, 1.82) is 0 Å². The van der Waals surface area contributed by atoms with Crippen LogP contribution in [0.1, 0.15) is 0 Å². The van der Waals surface area contributed by atoms with Gasteiger partial charge in [0.1, 0.15) is 17.3 Å². The molecule has 1 aliphatic rings. The minimum absolute atomic E-state index is 0.0128. The van der Waals surface area contributed by atoms with E-state index in [1.165, 1.54) is 18.3 Å². The van der Waals surface area contributed by atoms with Gasteiger partial charge in [-0.3, -0.25) is 9.10 Å². The molecule has 8 heteroatoms. The van der Waals surface area contributed by atoms with Crippen LogP contribution in [0.5, 0.6) is 0 Å². The molecule has 0 unspecified atom stereocenters. The molecule has 0 bridgehead atoms. The first kappa shape index (κ1) is 13.4. The van der Waals surface area contributed by atoms with Gasteiger partial charge in [-0.25, -0.2) is 13.4 Å². The second kappa shape index (κ2) is 4.74. The quantitative estimate of drug-likeness (QED) is 0.854. The van der Waals surface area contributed by atoms with Gasteiger partial charge in [0.05, 0.1) is 11.4 Å². The van der Waals surface area contributed by atoms with E-state index in [-0.39, 0.29) is 23.2 Å². The van der Waals surface area contributed by atoms with E-state index in [4.69, 9.17) is 5.73 Å². The number of aromatic nitrogens is 1. The molecule has 2 heterocycles. The lowest BCUT2D eigenvalue weighted by Gasteiger charge is -2.29. The largest absolute Gasteiger partial charge is 0.384 e. The van der Waals surface area contributed by atoms with Crippen molar-refractivity contribution in [2.75, 3.05) is 21.9 Å². The van der Waals surface area contributed by atoms with Gasteiger partial charge in [-0.15, -0.1) is 0 Å². The van der Waals surface area contributed by atoms with Crippen LogP contribution in [0.4, 0.5) is 17.2 Å². The van der Waals surface area contributed by atoms with Crippen molar-refractivity contribution in [1.82, 2.24) is 4.98 Å². The lowest BCUT2D eigenvalue weighted by Crippen LogP contribution is -2.42. The number of nitrogens with zero attached hydrogens (tertiary/aromatic N) is 2. The zero-order valence-corrected chi connectivity index (χ0v) is 11.7. The van der Waals surface area contributed by atoms with Crippen molar-refractivity contribution in [3.8, 4) is 0 Å². The predicted octanol–water partition coefficient (Wildman–Crippen LogP) is 0.811. The summed E-state index contributed by atoms with van der Waals surface area (Å²) in [4.78, 5) is 15.5. The third kappa shape index (κ3) is 2.29. The molecule has 3 N–H and O–H groups in total. The van der Waals surface area contributed by atoms with Crippen molar-refractivity contribution >= 4 is 33.1 Å². The third-order valence-electron chi connectivity index (χ3n) is 3.08. The summed E-state index contributed by atoms with van der Waals surface area (Å²) in [6.45, 7) is -0.274. The summed E-state index contributed by atoms with van der Waals surface area (Å²) >= 11 is 0. The SMILES string of the molecule is Nc1ccc(S(=O)(=O)N2CC(=O)Nc3ccccc32)cn1. The third-order valence-corrected chi connectivity index (χ3v) is 4.82. The summed E-state index contributed by atoms with van der Waals surface area (Å²) in [7, 11) is -3.87. The number of hydrogen-bond donors (Lipinski definition) is 2. The van der Waals surface area contributed by atoms with E-state index in [1.807, 2.05) is 0 Å². The Hall–Kier alpha value is -2.61. The number of carbonyl (C=O) groups excluding carboxylic acids is 1. The molecule has 0 saturated carbocycles. The molecule has 2 aromatic rings. The fraction of sp³-hybridized carbons (Fsp3) is 0.0769. The summed E-state index contributed by atoms with van der Waals surface area (Å²) in [6.07, 6.45) is 1.18. The van der Waals surface area contributed by atoms with Crippen molar-refractivity contribution < 1.29 is 13.2 Å². The van der Waals surface area contributed by atoms with Crippen LogP contribution in [0.2, 0.25) is 0 Å². The topological polar surface area (TPSA) is 105 Å². The minimum atomic E-state index is -3.87. The van der Waals surface area contributed by atoms with E-state index in [9.17, 15) is 13.2 Å². The highest BCUT2D eigenvalue weighted by atomic mass is 32.2. The maximum absolute atomic E-state index is 12.7. The van der Waals surface area contributed by atoms with E-state index in [1.54, 1.807) is 24.3 Å². The van der Waals surface area contributed by atoms with Gasteiger partial charge in [0.25, 0.3) is 10.0 Å². The van der Waals surface area contributed by atoms with Crippen LogP contribution in [-0.2, 0) is 14.8 Å². The number of rotatable bonds is 2. The smallest absolute Gasteiger partial charge is 0.266 e. The Morgan fingerprint density at radius 1 is 1.19 bits per heavy atom. The average molecular weight is 304 g/mol. The minimum Gasteiger partial charge on any atom is -0.384 e. The number of carbonyl (C=O) groups is 1. The van der Waals surface area contributed by atoms with Crippen LogP contribution in [-0.4, -0.2) is 25.9 Å². The standard InChI is InChI=1S/C13H12N4O3S/c14-12-6-5-9(7-15-12)21(19,20)17-8-13(18)16-10-3-1-2-4-11(10)17/h1-7H,8H2,(H2,14,15)(H,16,18). The molecule has 0 saturated heterocycles. The van der Waals surface area contributed by atoms with E-state index < -0.39 is 10.0 Å². The molecular weight excluding hydrogens is 292 g/mol. The zero-order valence-electron chi connectivity index (χ0n) is 10.9. The van der Waals surface area contributed by atoms with Crippen LogP contribution >= 0.6 is 0 Å². The lowest BCUT2D eigenvalue weighted by molar-refractivity contribution is -0.115. The van der Waals surface area contributed by atoms with Gasteiger partial charge in [0.15, 0.2) is 0 Å². The molecule has 21 heavy (non-hydrogen) atoms. The molecule has 1 amide bonds. The Bertz CT molecular complexity index is 802. The number of fused-ring (bicyclic) bond motifs is 1. The molecule has 1 aromatic carbocycles. The summed E-state index contributed by atoms with van der Waals surface area (Å²) in [5.74, 6) is -0.161. The number of nitrogens with two attached hydrogens (primary N) is 1. The Morgan fingerprint density at radius 3 is 2.67 bits per heavy atom. The molecule has 0 atom stereocenters. The van der Waals surface area contributed by atoms with Gasteiger partial charge < -0.3 is 11.1 Å². The molecule has 1 aromatic heterocycles.